The standard InChI is InChI=1S/C22H20ClN5O2/c23-19-18-20(14-8-3-1-4-9-14)27-28(17(30)13-7-12-16(24)29)22(18)26-25-21(19)15-10-5-2-6-11-15/h1-6,8-11,17,30H,7,12-13H2,(H2,24,29). The van der Waals surface area contributed by atoms with Gasteiger partial charge in [0.1, 0.15) is 17.6 Å². The number of aromatic nitrogens is 4. The van der Waals surface area contributed by atoms with Gasteiger partial charge >= 0.3 is 0 Å². The first-order chi connectivity index (χ1) is 14.6. The van der Waals surface area contributed by atoms with E-state index in [1.54, 1.807) is 0 Å². The fourth-order valence-corrected chi connectivity index (χ4v) is 3.67. The number of rotatable bonds is 7. The van der Waals surface area contributed by atoms with E-state index in [0.717, 1.165) is 11.1 Å². The van der Waals surface area contributed by atoms with Gasteiger partial charge in [-0.1, -0.05) is 72.3 Å². The molecule has 3 N–H and O–H groups in total. The van der Waals surface area contributed by atoms with Crippen molar-refractivity contribution >= 4 is 28.5 Å². The van der Waals surface area contributed by atoms with E-state index in [4.69, 9.17) is 17.3 Å². The van der Waals surface area contributed by atoms with Crippen LogP contribution < -0.4 is 5.73 Å². The molecule has 0 aliphatic rings. The number of nitrogens with two attached hydrogens (primary N) is 1. The summed E-state index contributed by atoms with van der Waals surface area (Å²) >= 11 is 6.80. The Balaban J connectivity index is 1.86. The minimum Gasteiger partial charge on any atom is -0.372 e. The van der Waals surface area contributed by atoms with Gasteiger partial charge in [0, 0.05) is 17.5 Å². The molecule has 2 aromatic heterocycles. The predicted octanol–water partition coefficient (Wildman–Crippen LogP) is 3.96. The molecule has 0 aliphatic heterocycles. The number of aliphatic hydroxyl groups is 1. The Morgan fingerprint density at radius 1 is 1.00 bits per heavy atom. The first-order valence-electron chi connectivity index (χ1n) is 9.58. The number of benzene rings is 2. The van der Waals surface area contributed by atoms with Crippen LogP contribution in [0.5, 0.6) is 0 Å². The van der Waals surface area contributed by atoms with Crippen molar-refractivity contribution in [3.63, 3.8) is 0 Å². The number of hydrogen-bond acceptors (Lipinski definition) is 5. The van der Waals surface area contributed by atoms with Crippen molar-refractivity contribution in [2.75, 3.05) is 0 Å². The minimum atomic E-state index is -0.989. The zero-order valence-electron chi connectivity index (χ0n) is 16.1. The number of primary amides is 1. The zero-order chi connectivity index (χ0) is 21.1. The molecule has 0 bridgehead atoms. The average molecular weight is 422 g/mol. The molecule has 1 atom stereocenters. The van der Waals surface area contributed by atoms with E-state index in [-0.39, 0.29) is 6.42 Å². The fourth-order valence-electron chi connectivity index (χ4n) is 3.35. The van der Waals surface area contributed by atoms with Gasteiger partial charge in [-0.3, -0.25) is 4.79 Å². The van der Waals surface area contributed by atoms with E-state index in [1.165, 1.54) is 4.68 Å². The van der Waals surface area contributed by atoms with Crippen LogP contribution in [0.25, 0.3) is 33.5 Å². The summed E-state index contributed by atoms with van der Waals surface area (Å²) in [6.45, 7) is 0. The van der Waals surface area contributed by atoms with Crippen LogP contribution >= 0.6 is 11.6 Å². The molecule has 0 aliphatic carbocycles. The molecular weight excluding hydrogens is 402 g/mol. The van der Waals surface area contributed by atoms with Gasteiger partial charge in [-0.05, 0) is 12.8 Å². The highest BCUT2D eigenvalue weighted by Crippen LogP contribution is 2.38. The van der Waals surface area contributed by atoms with Crippen LogP contribution in [0, 0.1) is 0 Å². The molecule has 0 saturated carbocycles. The molecule has 1 amide bonds. The number of halogens is 1. The molecule has 7 nitrogen and oxygen atoms in total. The van der Waals surface area contributed by atoms with Crippen LogP contribution in [0.4, 0.5) is 0 Å². The third-order valence-corrected chi connectivity index (χ3v) is 5.19. The van der Waals surface area contributed by atoms with Crippen molar-refractivity contribution in [3.05, 3.63) is 65.7 Å². The van der Waals surface area contributed by atoms with Gasteiger partial charge in [0.15, 0.2) is 5.65 Å². The summed E-state index contributed by atoms with van der Waals surface area (Å²) in [6.07, 6.45) is -0.0701. The Morgan fingerprint density at radius 2 is 1.60 bits per heavy atom. The maximum absolute atomic E-state index is 11.0. The lowest BCUT2D eigenvalue weighted by molar-refractivity contribution is -0.118. The van der Waals surface area contributed by atoms with E-state index >= 15 is 0 Å². The Kier molecular flexibility index (Phi) is 5.74. The Morgan fingerprint density at radius 3 is 2.20 bits per heavy atom. The van der Waals surface area contributed by atoms with Crippen LogP contribution in [-0.4, -0.2) is 31.0 Å². The van der Waals surface area contributed by atoms with E-state index < -0.39 is 12.1 Å². The lowest BCUT2D eigenvalue weighted by Crippen LogP contribution is -2.14. The van der Waals surface area contributed by atoms with Crippen molar-refractivity contribution in [3.8, 4) is 22.5 Å². The smallest absolute Gasteiger partial charge is 0.217 e. The van der Waals surface area contributed by atoms with Gasteiger partial charge in [-0.2, -0.15) is 5.10 Å². The van der Waals surface area contributed by atoms with Gasteiger partial charge in [0.05, 0.1) is 10.4 Å². The van der Waals surface area contributed by atoms with Crippen molar-refractivity contribution in [2.45, 2.75) is 25.5 Å². The van der Waals surface area contributed by atoms with Gasteiger partial charge in [0.2, 0.25) is 5.91 Å². The van der Waals surface area contributed by atoms with Gasteiger partial charge in [0.25, 0.3) is 0 Å². The highest BCUT2D eigenvalue weighted by molar-refractivity contribution is 6.38. The molecule has 0 saturated heterocycles. The van der Waals surface area contributed by atoms with E-state index in [2.05, 4.69) is 15.3 Å². The lowest BCUT2D eigenvalue weighted by atomic mass is 10.1. The molecule has 30 heavy (non-hydrogen) atoms. The number of carbonyl (C=O) groups excluding carboxylic acids is 1. The maximum atomic E-state index is 11.0. The van der Waals surface area contributed by atoms with Gasteiger partial charge in [-0.25, -0.2) is 4.68 Å². The molecule has 0 spiro atoms. The molecule has 0 radical (unpaired) electrons. The third-order valence-electron chi connectivity index (χ3n) is 4.82. The quantitative estimate of drug-likeness (QED) is 0.469. The van der Waals surface area contributed by atoms with Crippen LogP contribution in [0.15, 0.2) is 60.7 Å². The Hall–Kier alpha value is -3.29. The molecule has 2 aromatic carbocycles. The largest absolute Gasteiger partial charge is 0.372 e. The van der Waals surface area contributed by atoms with Gasteiger partial charge in [-0.15, -0.1) is 10.2 Å². The summed E-state index contributed by atoms with van der Waals surface area (Å²) < 4.78 is 1.41. The van der Waals surface area contributed by atoms with Crippen LogP contribution in [0.1, 0.15) is 25.5 Å². The number of amides is 1. The fraction of sp³-hybridized carbons (Fsp3) is 0.182. The van der Waals surface area contributed by atoms with Gasteiger partial charge < -0.3 is 10.8 Å². The summed E-state index contributed by atoms with van der Waals surface area (Å²) in [5, 5.41) is 25.0. The second kappa shape index (κ2) is 8.61. The summed E-state index contributed by atoms with van der Waals surface area (Å²) in [6, 6.07) is 19.1. The number of hydrogen-bond donors (Lipinski definition) is 2. The molecule has 1 unspecified atom stereocenters. The second-order valence-corrected chi connectivity index (χ2v) is 7.30. The Bertz CT molecular complexity index is 1180. The first kappa shape index (κ1) is 20.0. The summed E-state index contributed by atoms with van der Waals surface area (Å²) in [5.41, 5.74) is 8.42. The molecular formula is C22H20ClN5O2. The van der Waals surface area contributed by atoms with Crippen molar-refractivity contribution in [1.29, 1.82) is 0 Å². The normalized spacial score (nSPS) is 12.2. The Labute approximate surface area is 178 Å². The van der Waals surface area contributed by atoms with E-state index in [0.29, 0.717) is 40.3 Å². The van der Waals surface area contributed by atoms with Crippen LogP contribution in [0.2, 0.25) is 5.02 Å². The molecule has 8 heteroatoms. The highest BCUT2D eigenvalue weighted by atomic mass is 35.5. The summed E-state index contributed by atoms with van der Waals surface area (Å²) in [5.74, 6) is -0.409. The topological polar surface area (TPSA) is 107 Å². The summed E-state index contributed by atoms with van der Waals surface area (Å²) in [4.78, 5) is 11.0. The average Bonchev–Trinajstić information content (AvgIpc) is 3.16. The SMILES string of the molecule is NC(=O)CCCC(O)n1nc(-c2ccccc2)c2c(Cl)c(-c3ccccc3)nnc21. The number of fused-ring (bicyclic) bond motifs is 1. The van der Waals surface area contributed by atoms with Crippen molar-refractivity contribution in [2.24, 2.45) is 5.73 Å². The minimum absolute atomic E-state index is 0.187. The first-order valence-corrected chi connectivity index (χ1v) is 9.95. The van der Waals surface area contributed by atoms with Crippen LogP contribution in [-0.2, 0) is 4.79 Å². The van der Waals surface area contributed by atoms with Crippen LogP contribution in [0.3, 0.4) is 0 Å². The number of carbonyl (C=O) groups is 1. The van der Waals surface area contributed by atoms with Crippen molar-refractivity contribution in [1.82, 2.24) is 20.0 Å². The lowest BCUT2D eigenvalue weighted by Gasteiger charge is -2.11. The van der Waals surface area contributed by atoms with E-state index in [1.807, 2.05) is 60.7 Å². The highest BCUT2D eigenvalue weighted by Gasteiger charge is 2.23. The maximum Gasteiger partial charge on any atom is 0.217 e. The van der Waals surface area contributed by atoms with E-state index in [9.17, 15) is 9.90 Å². The molecule has 152 valence electrons. The number of aliphatic hydroxyl groups excluding tert-OH is 1. The third kappa shape index (κ3) is 3.90. The summed E-state index contributed by atoms with van der Waals surface area (Å²) in [7, 11) is 0. The molecule has 2 heterocycles. The molecule has 4 aromatic rings. The second-order valence-electron chi connectivity index (χ2n) is 6.93. The molecule has 0 fully saturated rings. The number of nitrogens with zero attached hydrogens (tertiary/aromatic N) is 4. The van der Waals surface area contributed by atoms with Crippen molar-refractivity contribution < 1.29 is 9.90 Å². The monoisotopic (exact) mass is 421 g/mol. The zero-order valence-corrected chi connectivity index (χ0v) is 16.8. The molecule has 4 rings (SSSR count). The predicted molar refractivity (Wildman–Crippen MR) is 116 cm³/mol.